The molecule has 1 atom stereocenters. The van der Waals surface area contributed by atoms with Gasteiger partial charge in [0.1, 0.15) is 24.4 Å². The first-order chi connectivity index (χ1) is 13.2. The van der Waals surface area contributed by atoms with Crippen LogP contribution in [0.2, 0.25) is 0 Å². The van der Waals surface area contributed by atoms with E-state index in [0.717, 1.165) is 61.0 Å². The number of pyridine rings is 1. The summed E-state index contributed by atoms with van der Waals surface area (Å²) in [5.74, 6) is 0.886. The van der Waals surface area contributed by atoms with E-state index < -0.39 is 0 Å². The molecular formula is C22H23N2O3+. The maximum atomic E-state index is 12.4. The third-order valence-corrected chi connectivity index (χ3v) is 5.81. The highest BCUT2D eigenvalue weighted by Gasteiger charge is 2.27. The number of nitrogens with zero attached hydrogens (tertiary/aromatic N) is 1. The molecule has 1 aliphatic heterocycles. The van der Waals surface area contributed by atoms with Crippen molar-refractivity contribution >= 4 is 11.0 Å². The molecule has 0 radical (unpaired) electrons. The number of hydrogen-bond acceptors (Lipinski definition) is 4. The summed E-state index contributed by atoms with van der Waals surface area (Å²) in [6.07, 6.45) is 7.71. The van der Waals surface area contributed by atoms with Gasteiger partial charge in [0, 0.05) is 40.0 Å². The maximum absolute atomic E-state index is 12.4. The second-order valence-corrected chi connectivity index (χ2v) is 7.67. The Hall–Kier alpha value is -2.66. The number of hydrogen-bond donors (Lipinski definition) is 1. The maximum Gasteiger partial charge on any atom is 0.339 e. The topological polar surface area (TPSA) is 56.8 Å². The summed E-state index contributed by atoms with van der Waals surface area (Å²) in [5, 5.41) is 1.10. The van der Waals surface area contributed by atoms with E-state index in [1.54, 1.807) is 6.20 Å². The minimum atomic E-state index is -0.167. The summed E-state index contributed by atoms with van der Waals surface area (Å²) in [7, 11) is 0. The van der Waals surface area contributed by atoms with Crippen LogP contribution in [0.5, 0.6) is 5.75 Å². The van der Waals surface area contributed by atoms with Gasteiger partial charge in [-0.05, 0) is 50.3 Å². The van der Waals surface area contributed by atoms with Crippen LogP contribution in [-0.4, -0.2) is 11.7 Å². The number of rotatable bonds is 2. The number of aryl methyl sites for hydroxylation is 2. The smallest absolute Gasteiger partial charge is 0.339 e. The van der Waals surface area contributed by atoms with Gasteiger partial charge < -0.3 is 9.15 Å². The summed E-state index contributed by atoms with van der Waals surface area (Å²) in [6.45, 7) is 4.39. The Bertz CT molecular complexity index is 1070. The first-order valence-electron chi connectivity index (χ1n) is 9.67. The minimum absolute atomic E-state index is 0.167. The average molecular weight is 363 g/mol. The molecule has 0 amide bonds. The van der Waals surface area contributed by atoms with Gasteiger partial charge in [0.25, 0.3) is 0 Å². The molecule has 5 nitrogen and oxygen atoms in total. The number of nitrogens with one attached hydrogen (secondary N) is 1. The van der Waals surface area contributed by atoms with Gasteiger partial charge >= 0.3 is 5.63 Å². The van der Waals surface area contributed by atoms with Crippen LogP contribution in [-0.2, 0) is 25.9 Å². The molecule has 2 aromatic heterocycles. The SMILES string of the molecule is Cc1c2c(cc3c4c(c(=O)oc13)CCCC4)C[NH+](Cc1cccnc1)CO2. The number of benzene rings is 1. The van der Waals surface area contributed by atoms with Gasteiger partial charge in [0.15, 0.2) is 0 Å². The Balaban J connectivity index is 1.57. The first-order valence-corrected chi connectivity index (χ1v) is 9.67. The van der Waals surface area contributed by atoms with Crippen LogP contribution in [0.1, 0.15) is 40.7 Å². The van der Waals surface area contributed by atoms with Crippen molar-refractivity contribution < 1.29 is 14.1 Å². The summed E-state index contributed by atoms with van der Waals surface area (Å²) < 4.78 is 11.8. The van der Waals surface area contributed by atoms with Crippen molar-refractivity contribution in [3.8, 4) is 5.75 Å². The van der Waals surface area contributed by atoms with Gasteiger partial charge in [-0.1, -0.05) is 6.07 Å². The van der Waals surface area contributed by atoms with Crippen LogP contribution in [0.4, 0.5) is 0 Å². The standard InChI is InChI=1S/C22H22N2O3/c1-14-20-16(12-24(13-26-20)11-15-5-4-8-23-10-15)9-19-17-6-2-3-7-18(17)22(25)27-21(14)19/h4-5,8-10H,2-3,6-7,11-13H2,1H3/p+1. The van der Waals surface area contributed by atoms with Crippen molar-refractivity contribution in [1.29, 1.82) is 0 Å². The van der Waals surface area contributed by atoms with Crippen LogP contribution < -0.4 is 15.3 Å². The highest BCUT2D eigenvalue weighted by Crippen LogP contribution is 2.35. The largest absolute Gasteiger partial charge is 0.444 e. The molecule has 0 saturated heterocycles. The van der Waals surface area contributed by atoms with Gasteiger partial charge in [0.2, 0.25) is 6.73 Å². The molecule has 1 N–H and O–H groups in total. The van der Waals surface area contributed by atoms with E-state index in [4.69, 9.17) is 9.15 Å². The third kappa shape index (κ3) is 2.82. The van der Waals surface area contributed by atoms with Crippen molar-refractivity contribution in [2.45, 2.75) is 45.7 Å². The Morgan fingerprint density at radius 2 is 2.07 bits per heavy atom. The summed E-state index contributed by atoms with van der Waals surface area (Å²) >= 11 is 0. The quantitative estimate of drug-likeness (QED) is 0.710. The predicted molar refractivity (Wildman–Crippen MR) is 102 cm³/mol. The van der Waals surface area contributed by atoms with E-state index in [-0.39, 0.29) is 5.63 Å². The van der Waals surface area contributed by atoms with Gasteiger partial charge in [-0.2, -0.15) is 0 Å². The fourth-order valence-corrected chi connectivity index (χ4v) is 4.52. The Morgan fingerprint density at radius 3 is 2.89 bits per heavy atom. The molecule has 0 saturated carbocycles. The monoisotopic (exact) mass is 363 g/mol. The van der Waals surface area contributed by atoms with Crippen LogP contribution >= 0.6 is 0 Å². The van der Waals surface area contributed by atoms with Gasteiger partial charge in [-0.15, -0.1) is 0 Å². The zero-order chi connectivity index (χ0) is 18.4. The Kier molecular flexibility index (Phi) is 3.97. The lowest BCUT2D eigenvalue weighted by Gasteiger charge is -2.28. The molecule has 5 heteroatoms. The molecule has 0 fully saturated rings. The molecule has 138 valence electrons. The Morgan fingerprint density at radius 1 is 1.22 bits per heavy atom. The molecule has 2 aliphatic rings. The predicted octanol–water partition coefficient (Wildman–Crippen LogP) is 2.31. The van der Waals surface area contributed by atoms with Gasteiger partial charge in [0.05, 0.1) is 0 Å². The molecule has 1 unspecified atom stereocenters. The summed E-state index contributed by atoms with van der Waals surface area (Å²) in [4.78, 5) is 18.0. The molecule has 0 spiro atoms. The van der Waals surface area contributed by atoms with Crippen LogP contribution in [0.25, 0.3) is 11.0 Å². The second kappa shape index (κ2) is 6.50. The highest BCUT2D eigenvalue weighted by molar-refractivity contribution is 5.87. The molecule has 1 aromatic carbocycles. The lowest BCUT2D eigenvalue weighted by Crippen LogP contribution is -3.10. The molecule has 5 rings (SSSR count). The average Bonchev–Trinajstić information content (AvgIpc) is 2.70. The van der Waals surface area contributed by atoms with E-state index in [9.17, 15) is 4.79 Å². The van der Waals surface area contributed by atoms with Gasteiger partial charge in [-0.3, -0.25) is 9.88 Å². The van der Waals surface area contributed by atoms with Crippen LogP contribution in [0.3, 0.4) is 0 Å². The minimum Gasteiger partial charge on any atom is -0.444 e. The van der Waals surface area contributed by atoms with Gasteiger partial charge in [-0.25, -0.2) is 4.79 Å². The molecule has 1 aliphatic carbocycles. The summed E-state index contributed by atoms with van der Waals surface area (Å²) in [6, 6.07) is 6.28. The number of fused-ring (bicyclic) bond motifs is 4. The highest BCUT2D eigenvalue weighted by atomic mass is 16.5. The zero-order valence-corrected chi connectivity index (χ0v) is 15.5. The molecule has 0 bridgehead atoms. The van der Waals surface area contributed by atoms with Crippen molar-refractivity contribution in [3.63, 3.8) is 0 Å². The number of ether oxygens (including phenoxy) is 1. The van der Waals surface area contributed by atoms with E-state index in [2.05, 4.69) is 17.1 Å². The molecule has 3 heterocycles. The lowest BCUT2D eigenvalue weighted by atomic mass is 9.89. The van der Waals surface area contributed by atoms with E-state index >= 15 is 0 Å². The van der Waals surface area contributed by atoms with Crippen molar-refractivity contribution in [2.75, 3.05) is 6.73 Å². The van der Waals surface area contributed by atoms with E-state index in [1.807, 2.05) is 19.2 Å². The van der Waals surface area contributed by atoms with Crippen LogP contribution in [0.15, 0.2) is 39.8 Å². The van der Waals surface area contributed by atoms with Crippen molar-refractivity contribution in [1.82, 2.24) is 4.98 Å². The first kappa shape index (κ1) is 16.5. The Labute approximate surface area is 157 Å². The van der Waals surface area contributed by atoms with E-state index in [1.165, 1.54) is 21.6 Å². The normalized spacial score (nSPS) is 18.6. The van der Waals surface area contributed by atoms with Crippen molar-refractivity contribution in [3.05, 3.63) is 68.8 Å². The number of quaternary nitrogens is 1. The zero-order valence-electron chi connectivity index (χ0n) is 15.5. The fourth-order valence-electron chi connectivity index (χ4n) is 4.52. The van der Waals surface area contributed by atoms with E-state index in [0.29, 0.717) is 12.3 Å². The second-order valence-electron chi connectivity index (χ2n) is 7.67. The molecule has 3 aromatic rings. The van der Waals surface area contributed by atoms with Crippen molar-refractivity contribution in [2.24, 2.45) is 0 Å². The fraction of sp³-hybridized carbons (Fsp3) is 0.364. The molecule has 27 heavy (non-hydrogen) atoms. The third-order valence-electron chi connectivity index (χ3n) is 5.81. The summed E-state index contributed by atoms with van der Waals surface area (Å²) in [5.41, 5.74) is 5.97. The number of aromatic nitrogens is 1. The van der Waals surface area contributed by atoms with Crippen LogP contribution in [0, 0.1) is 6.92 Å². The molecular weight excluding hydrogens is 340 g/mol. The lowest BCUT2D eigenvalue weighted by molar-refractivity contribution is -0.945.